The van der Waals surface area contributed by atoms with Crippen molar-refractivity contribution in [2.75, 3.05) is 0 Å². The Hall–Kier alpha value is -2.22. The van der Waals surface area contributed by atoms with Crippen LogP contribution in [0.1, 0.15) is 0 Å². The van der Waals surface area contributed by atoms with Gasteiger partial charge in [-0.05, 0) is 24.3 Å². The molecular formula is C14H8Cl2N2O2. The Morgan fingerprint density at radius 3 is 2.20 bits per heavy atom. The first-order valence-corrected chi connectivity index (χ1v) is 6.28. The number of rotatable bonds is 2. The van der Waals surface area contributed by atoms with Crippen molar-refractivity contribution in [3.8, 4) is 17.7 Å². The lowest BCUT2D eigenvalue weighted by Crippen LogP contribution is -2.16. The molecule has 6 heteroatoms. The maximum absolute atomic E-state index is 8.67. The van der Waals surface area contributed by atoms with E-state index < -0.39 is 0 Å². The van der Waals surface area contributed by atoms with Crippen molar-refractivity contribution in [1.82, 2.24) is 0 Å². The Morgan fingerprint density at radius 2 is 1.60 bits per heavy atom. The first-order chi connectivity index (χ1) is 9.70. The van der Waals surface area contributed by atoms with E-state index in [4.69, 9.17) is 37.9 Å². The number of halogens is 2. The van der Waals surface area contributed by atoms with Gasteiger partial charge in [0.05, 0.1) is 10.0 Å². The zero-order chi connectivity index (χ0) is 14.4. The first kappa shape index (κ1) is 14.2. The van der Waals surface area contributed by atoms with Crippen molar-refractivity contribution in [2.45, 2.75) is 0 Å². The van der Waals surface area contributed by atoms with E-state index in [2.05, 4.69) is 4.99 Å². The van der Waals surface area contributed by atoms with Gasteiger partial charge in [-0.15, -0.1) is 0 Å². The Balaban J connectivity index is 2.23. The van der Waals surface area contributed by atoms with Crippen molar-refractivity contribution in [2.24, 2.45) is 4.99 Å². The number of aliphatic imine (C=N–C) groups is 1. The summed E-state index contributed by atoms with van der Waals surface area (Å²) in [7, 11) is 0. The maximum Gasteiger partial charge on any atom is 0.410 e. The number of hydrogen-bond acceptors (Lipinski definition) is 4. The van der Waals surface area contributed by atoms with Crippen LogP contribution in [0, 0.1) is 11.5 Å². The minimum absolute atomic E-state index is 0.181. The summed E-state index contributed by atoms with van der Waals surface area (Å²) in [6, 6.07) is 13.7. The molecule has 0 unspecified atom stereocenters. The molecule has 100 valence electrons. The summed E-state index contributed by atoms with van der Waals surface area (Å²) in [5, 5.41) is 9.25. The lowest BCUT2D eigenvalue weighted by Gasteiger charge is -2.10. The number of nitrogens with zero attached hydrogens (tertiary/aromatic N) is 2. The van der Waals surface area contributed by atoms with Gasteiger partial charge in [0.25, 0.3) is 0 Å². The van der Waals surface area contributed by atoms with Gasteiger partial charge in [-0.2, -0.15) is 5.26 Å². The first-order valence-electron chi connectivity index (χ1n) is 5.52. The number of para-hydroxylation sites is 2. The molecule has 0 saturated heterocycles. The van der Waals surface area contributed by atoms with E-state index >= 15 is 0 Å². The molecule has 0 saturated carbocycles. The topological polar surface area (TPSA) is 54.6 Å². The molecule has 0 aliphatic rings. The van der Waals surface area contributed by atoms with Crippen LogP contribution < -0.4 is 9.47 Å². The van der Waals surface area contributed by atoms with Crippen molar-refractivity contribution in [3.05, 3.63) is 58.6 Å². The van der Waals surface area contributed by atoms with Crippen molar-refractivity contribution < 1.29 is 9.47 Å². The van der Waals surface area contributed by atoms with Crippen molar-refractivity contribution in [1.29, 1.82) is 5.26 Å². The predicted octanol–water partition coefficient (Wildman–Crippen LogP) is 4.29. The number of nitriles is 1. The highest BCUT2D eigenvalue weighted by atomic mass is 35.5. The summed E-state index contributed by atoms with van der Waals surface area (Å²) in [6.45, 7) is 0. The fourth-order valence-electron chi connectivity index (χ4n) is 1.36. The molecule has 2 rings (SSSR count). The average Bonchev–Trinajstić information content (AvgIpc) is 2.44. The smallest absolute Gasteiger partial charge is 0.410 e. The van der Waals surface area contributed by atoms with Gasteiger partial charge in [0, 0.05) is 0 Å². The molecule has 0 bridgehead atoms. The quantitative estimate of drug-likeness (QED) is 0.472. The third-order valence-electron chi connectivity index (χ3n) is 2.20. The van der Waals surface area contributed by atoms with Crippen LogP contribution in [0.2, 0.25) is 10.0 Å². The average molecular weight is 307 g/mol. The monoisotopic (exact) mass is 306 g/mol. The van der Waals surface area contributed by atoms with Gasteiger partial charge in [0.1, 0.15) is 5.75 Å². The fourth-order valence-corrected chi connectivity index (χ4v) is 1.84. The van der Waals surface area contributed by atoms with Crippen LogP contribution in [0.25, 0.3) is 0 Å². The lowest BCUT2D eigenvalue weighted by molar-refractivity contribution is 0.386. The Bertz CT molecular complexity index is 646. The van der Waals surface area contributed by atoms with E-state index in [1.165, 1.54) is 0 Å². The van der Waals surface area contributed by atoms with Crippen LogP contribution in [0.3, 0.4) is 0 Å². The Kier molecular flexibility index (Phi) is 4.83. The highest BCUT2D eigenvalue weighted by molar-refractivity contribution is 6.37. The molecule has 0 heterocycles. The summed E-state index contributed by atoms with van der Waals surface area (Å²) < 4.78 is 10.7. The van der Waals surface area contributed by atoms with Crippen LogP contribution >= 0.6 is 23.2 Å². The standard InChI is InChI=1S/C14H8Cl2N2O2/c15-11-7-4-8-12(16)13(11)20-14(18-9-17)19-10-5-2-1-3-6-10/h1-8H. The Morgan fingerprint density at radius 1 is 0.950 bits per heavy atom. The zero-order valence-corrected chi connectivity index (χ0v) is 11.6. The molecule has 0 aromatic heterocycles. The van der Waals surface area contributed by atoms with Gasteiger partial charge in [0.15, 0.2) is 5.75 Å². The molecule has 0 spiro atoms. The molecule has 0 fully saturated rings. The molecule has 20 heavy (non-hydrogen) atoms. The van der Waals surface area contributed by atoms with Gasteiger partial charge in [-0.25, -0.2) is 0 Å². The van der Waals surface area contributed by atoms with E-state index in [0.29, 0.717) is 15.8 Å². The second kappa shape index (κ2) is 6.80. The SMILES string of the molecule is N#CN=C(Oc1ccccc1)Oc1c(Cl)cccc1Cl. The van der Waals surface area contributed by atoms with Crippen LogP contribution in [-0.4, -0.2) is 6.08 Å². The molecule has 2 aromatic carbocycles. The third-order valence-corrected chi connectivity index (χ3v) is 2.79. The largest absolute Gasteiger partial charge is 0.410 e. The summed E-state index contributed by atoms with van der Waals surface area (Å²) >= 11 is 11.9. The molecule has 0 atom stereocenters. The summed E-state index contributed by atoms with van der Waals surface area (Å²) in [4.78, 5) is 3.46. The summed E-state index contributed by atoms with van der Waals surface area (Å²) in [5.74, 6) is 0.658. The molecular weight excluding hydrogens is 299 g/mol. The molecule has 0 N–H and O–H groups in total. The maximum atomic E-state index is 8.67. The number of hydrogen-bond donors (Lipinski definition) is 0. The van der Waals surface area contributed by atoms with Gasteiger partial charge in [0.2, 0.25) is 6.19 Å². The number of benzene rings is 2. The van der Waals surface area contributed by atoms with E-state index in [0.717, 1.165) is 0 Å². The van der Waals surface area contributed by atoms with Gasteiger partial charge in [-0.3, -0.25) is 0 Å². The fraction of sp³-hybridized carbons (Fsp3) is 0. The molecule has 0 aliphatic heterocycles. The van der Waals surface area contributed by atoms with Crippen LogP contribution in [0.15, 0.2) is 53.5 Å². The second-order valence-electron chi connectivity index (χ2n) is 3.55. The van der Waals surface area contributed by atoms with Crippen molar-refractivity contribution >= 4 is 29.3 Å². The highest BCUT2D eigenvalue weighted by Gasteiger charge is 2.13. The summed E-state index contributed by atoms with van der Waals surface area (Å²) in [6.07, 6.45) is 1.34. The third kappa shape index (κ3) is 3.64. The highest BCUT2D eigenvalue weighted by Crippen LogP contribution is 2.32. The molecule has 0 amide bonds. The predicted molar refractivity (Wildman–Crippen MR) is 77.2 cm³/mol. The molecule has 0 aliphatic carbocycles. The summed E-state index contributed by atoms with van der Waals surface area (Å²) in [5.41, 5.74) is 0. The zero-order valence-electron chi connectivity index (χ0n) is 10.1. The van der Waals surface area contributed by atoms with E-state index in [1.807, 2.05) is 6.07 Å². The van der Waals surface area contributed by atoms with Crippen molar-refractivity contribution in [3.63, 3.8) is 0 Å². The van der Waals surface area contributed by atoms with Crippen LogP contribution in [0.5, 0.6) is 11.5 Å². The van der Waals surface area contributed by atoms with Crippen LogP contribution in [-0.2, 0) is 0 Å². The van der Waals surface area contributed by atoms with Gasteiger partial charge in [-0.1, -0.05) is 52.5 Å². The molecule has 4 nitrogen and oxygen atoms in total. The second-order valence-corrected chi connectivity index (χ2v) is 4.36. The van der Waals surface area contributed by atoms with E-state index in [-0.39, 0.29) is 11.8 Å². The minimum atomic E-state index is -0.256. The minimum Gasteiger partial charge on any atom is -0.410 e. The van der Waals surface area contributed by atoms with Gasteiger partial charge < -0.3 is 9.47 Å². The molecule has 0 radical (unpaired) electrons. The van der Waals surface area contributed by atoms with E-state index in [1.54, 1.807) is 48.7 Å². The normalized spacial score (nSPS) is 10.8. The van der Waals surface area contributed by atoms with E-state index in [9.17, 15) is 0 Å². The van der Waals surface area contributed by atoms with Crippen LogP contribution in [0.4, 0.5) is 0 Å². The lowest BCUT2D eigenvalue weighted by atomic mass is 10.3. The molecule has 2 aromatic rings. The van der Waals surface area contributed by atoms with Gasteiger partial charge >= 0.3 is 6.08 Å². The Labute approximate surface area is 125 Å². The number of ether oxygens (including phenoxy) is 2.